The number of nitrogens with one attached hydrogen (secondary N) is 1. The smallest absolute Gasteiger partial charge is 0.0456 e. The predicted octanol–water partition coefficient (Wildman–Crippen LogP) is 2.28. The Morgan fingerprint density at radius 2 is 2.14 bits per heavy atom. The fourth-order valence-corrected chi connectivity index (χ4v) is 1.75. The Labute approximate surface area is 88.1 Å². The summed E-state index contributed by atoms with van der Waals surface area (Å²) >= 11 is 5.68. The molecule has 3 heteroatoms. The highest BCUT2D eigenvalue weighted by atomic mass is 35.5. The number of H-pyrrole nitrogens is 1. The maximum atomic E-state index is 5.81. The Kier molecular flexibility index (Phi) is 2.75. The summed E-state index contributed by atoms with van der Waals surface area (Å²) in [4.78, 5) is 3.22. The van der Waals surface area contributed by atoms with Crippen LogP contribution in [-0.4, -0.2) is 16.9 Å². The molecule has 1 aromatic heterocycles. The molecular formula is C11H13ClN2. The van der Waals surface area contributed by atoms with E-state index in [-0.39, 0.29) is 6.04 Å². The van der Waals surface area contributed by atoms with Crippen molar-refractivity contribution in [2.75, 3.05) is 5.88 Å². The highest BCUT2D eigenvalue weighted by Gasteiger charge is 2.06. The molecule has 0 bridgehead atoms. The first-order valence-corrected chi connectivity index (χ1v) is 5.21. The van der Waals surface area contributed by atoms with Crippen molar-refractivity contribution in [2.45, 2.75) is 12.5 Å². The van der Waals surface area contributed by atoms with Crippen LogP contribution in [0.2, 0.25) is 0 Å². The van der Waals surface area contributed by atoms with Gasteiger partial charge in [0.1, 0.15) is 0 Å². The number of alkyl halides is 1. The van der Waals surface area contributed by atoms with Gasteiger partial charge in [-0.05, 0) is 18.1 Å². The molecule has 14 heavy (non-hydrogen) atoms. The first-order chi connectivity index (χ1) is 6.81. The average Bonchev–Trinajstić information content (AvgIpc) is 2.62. The van der Waals surface area contributed by atoms with E-state index in [0.29, 0.717) is 5.88 Å². The maximum Gasteiger partial charge on any atom is 0.0456 e. The number of aromatic amines is 1. The summed E-state index contributed by atoms with van der Waals surface area (Å²) in [6, 6.07) is 8.25. The quantitative estimate of drug-likeness (QED) is 0.747. The molecule has 0 radical (unpaired) electrons. The van der Waals surface area contributed by atoms with Gasteiger partial charge in [0.15, 0.2) is 0 Å². The first-order valence-electron chi connectivity index (χ1n) is 4.68. The standard InChI is InChI=1S/C11H13ClN2/c12-6-9(13)5-8-7-14-11-4-2-1-3-10(8)11/h1-4,7,9,14H,5-6,13H2. The van der Waals surface area contributed by atoms with E-state index >= 15 is 0 Å². The molecule has 0 spiro atoms. The molecule has 2 nitrogen and oxygen atoms in total. The SMILES string of the molecule is NC(CCl)Cc1c[nH]c2ccccc12. The second-order valence-corrected chi connectivity index (χ2v) is 3.79. The second-order valence-electron chi connectivity index (χ2n) is 3.48. The minimum Gasteiger partial charge on any atom is -0.361 e. The number of hydrogen-bond acceptors (Lipinski definition) is 1. The monoisotopic (exact) mass is 208 g/mol. The average molecular weight is 209 g/mol. The Bertz CT molecular complexity index is 422. The van der Waals surface area contributed by atoms with Gasteiger partial charge in [-0.2, -0.15) is 0 Å². The van der Waals surface area contributed by atoms with Crippen LogP contribution < -0.4 is 5.73 Å². The summed E-state index contributed by atoms with van der Waals surface area (Å²) < 4.78 is 0. The zero-order chi connectivity index (χ0) is 9.97. The minimum atomic E-state index is 0.0378. The fourth-order valence-electron chi connectivity index (χ4n) is 1.64. The largest absolute Gasteiger partial charge is 0.361 e. The van der Waals surface area contributed by atoms with Crippen molar-refractivity contribution in [2.24, 2.45) is 5.73 Å². The van der Waals surface area contributed by atoms with Gasteiger partial charge < -0.3 is 10.7 Å². The Morgan fingerprint density at radius 1 is 1.36 bits per heavy atom. The van der Waals surface area contributed by atoms with Crippen LogP contribution in [0.25, 0.3) is 10.9 Å². The number of para-hydroxylation sites is 1. The third-order valence-corrected chi connectivity index (χ3v) is 2.75. The Hall–Kier alpha value is -0.990. The summed E-state index contributed by atoms with van der Waals surface area (Å²) in [6.45, 7) is 0. The van der Waals surface area contributed by atoms with Gasteiger partial charge in [0, 0.05) is 29.0 Å². The molecule has 1 atom stereocenters. The maximum absolute atomic E-state index is 5.81. The van der Waals surface area contributed by atoms with Crippen molar-refractivity contribution >= 4 is 22.5 Å². The van der Waals surface area contributed by atoms with Crippen LogP contribution in [0, 0.1) is 0 Å². The third-order valence-electron chi connectivity index (χ3n) is 2.36. The van der Waals surface area contributed by atoms with Gasteiger partial charge in [0.2, 0.25) is 0 Å². The van der Waals surface area contributed by atoms with Crippen molar-refractivity contribution in [1.29, 1.82) is 0 Å². The van der Waals surface area contributed by atoms with Gasteiger partial charge in [-0.25, -0.2) is 0 Å². The molecule has 3 N–H and O–H groups in total. The van der Waals surface area contributed by atoms with Crippen LogP contribution in [0.1, 0.15) is 5.56 Å². The number of halogens is 1. The normalized spacial score (nSPS) is 13.3. The van der Waals surface area contributed by atoms with Crippen molar-refractivity contribution in [3.8, 4) is 0 Å². The van der Waals surface area contributed by atoms with Crippen LogP contribution in [0.3, 0.4) is 0 Å². The van der Waals surface area contributed by atoms with E-state index in [4.69, 9.17) is 17.3 Å². The Morgan fingerprint density at radius 3 is 2.93 bits per heavy atom. The van der Waals surface area contributed by atoms with Crippen LogP contribution in [0.4, 0.5) is 0 Å². The van der Waals surface area contributed by atoms with Gasteiger partial charge >= 0.3 is 0 Å². The van der Waals surface area contributed by atoms with E-state index in [1.807, 2.05) is 18.3 Å². The van der Waals surface area contributed by atoms with Crippen molar-refractivity contribution in [3.63, 3.8) is 0 Å². The molecule has 74 valence electrons. The van der Waals surface area contributed by atoms with Gasteiger partial charge in [0.05, 0.1) is 0 Å². The molecule has 0 aliphatic heterocycles. The number of rotatable bonds is 3. The molecule has 0 saturated heterocycles. The zero-order valence-corrected chi connectivity index (χ0v) is 8.59. The third kappa shape index (κ3) is 1.76. The number of benzene rings is 1. The molecular weight excluding hydrogens is 196 g/mol. The number of aromatic nitrogens is 1. The van der Waals surface area contributed by atoms with Crippen LogP contribution in [-0.2, 0) is 6.42 Å². The zero-order valence-electron chi connectivity index (χ0n) is 7.83. The van der Waals surface area contributed by atoms with E-state index < -0.39 is 0 Å². The van der Waals surface area contributed by atoms with Crippen molar-refractivity contribution in [1.82, 2.24) is 4.98 Å². The van der Waals surface area contributed by atoms with Gasteiger partial charge in [-0.15, -0.1) is 11.6 Å². The van der Waals surface area contributed by atoms with Crippen LogP contribution in [0.15, 0.2) is 30.5 Å². The number of hydrogen-bond donors (Lipinski definition) is 2. The lowest BCUT2D eigenvalue weighted by atomic mass is 10.1. The molecule has 1 unspecified atom stereocenters. The highest BCUT2D eigenvalue weighted by Crippen LogP contribution is 2.18. The molecule has 0 saturated carbocycles. The molecule has 0 aliphatic rings. The van der Waals surface area contributed by atoms with E-state index in [1.54, 1.807) is 0 Å². The number of nitrogens with two attached hydrogens (primary N) is 1. The lowest BCUT2D eigenvalue weighted by Crippen LogP contribution is -2.24. The summed E-state index contributed by atoms with van der Waals surface area (Å²) in [5.41, 5.74) is 8.21. The summed E-state index contributed by atoms with van der Waals surface area (Å²) in [5, 5.41) is 1.24. The number of fused-ring (bicyclic) bond motifs is 1. The molecule has 1 heterocycles. The Balaban J connectivity index is 2.33. The fraction of sp³-hybridized carbons (Fsp3) is 0.273. The molecule has 2 rings (SSSR count). The van der Waals surface area contributed by atoms with Gasteiger partial charge in [-0.3, -0.25) is 0 Å². The van der Waals surface area contributed by atoms with Gasteiger partial charge in [-0.1, -0.05) is 18.2 Å². The lowest BCUT2D eigenvalue weighted by molar-refractivity contribution is 0.748. The highest BCUT2D eigenvalue weighted by molar-refractivity contribution is 6.18. The first kappa shape index (κ1) is 9.56. The van der Waals surface area contributed by atoms with Gasteiger partial charge in [0.25, 0.3) is 0 Å². The molecule has 1 aromatic carbocycles. The topological polar surface area (TPSA) is 41.8 Å². The van der Waals surface area contributed by atoms with Crippen molar-refractivity contribution < 1.29 is 0 Å². The van der Waals surface area contributed by atoms with E-state index in [0.717, 1.165) is 11.9 Å². The van der Waals surface area contributed by atoms with E-state index in [9.17, 15) is 0 Å². The minimum absolute atomic E-state index is 0.0378. The van der Waals surface area contributed by atoms with E-state index in [1.165, 1.54) is 10.9 Å². The predicted molar refractivity (Wildman–Crippen MR) is 60.7 cm³/mol. The molecule has 0 amide bonds. The lowest BCUT2D eigenvalue weighted by Gasteiger charge is -2.05. The summed E-state index contributed by atoms with van der Waals surface area (Å²) in [6.07, 6.45) is 2.84. The summed E-state index contributed by atoms with van der Waals surface area (Å²) in [5.74, 6) is 0.500. The van der Waals surface area contributed by atoms with Crippen LogP contribution in [0.5, 0.6) is 0 Å². The molecule has 0 aliphatic carbocycles. The van der Waals surface area contributed by atoms with Crippen LogP contribution >= 0.6 is 11.6 Å². The van der Waals surface area contributed by atoms with E-state index in [2.05, 4.69) is 17.1 Å². The molecule has 2 aromatic rings. The van der Waals surface area contributed by atoms with Crippen molar-refractivity contribution in [3.05, 3.63) is 36.0 Å². The second kappa shape index (κ2) is 4.03. The molecule has 0 fully saturated rings. The summed E-state index contributed by atoms with van der Waals surface area (Å²) in [7, 11) is 0.